The number of anilines is 2. The zero-order valence-corrected chi connectivity index (χ0v) is 16.4. The molecule has 0 spiro atoms. The number of carbonyl (C=O) groups is 2. The summed E-state index contributed by atoms with van der Waals surface area (Å²) in [5.74, 6) is -0.151. The maximum absolute atomic E-state index is 12.2. The quantitative estimate of drug-likeness (QED) is 0.357. The Morgan fingerprint density at radius 3 is 2.82 bits per heavy atom. The number of nitrogens with one attached hydrogen (secondary N) is 2. The van der Waals surface area contributed by atoms with E-state index < -0.39 is 6.09 Å². The summed E-state index contributed by atoms with van der Waals surface area (Å²) in [6.45, 7) is 3.88. The molecule has 4 N–H and O–H groups in total. The highest BCUT2D eigenvalue weighted by Gasteiger charge is 2.32. The molecule has 1 fully saturated rings. The van der Waals surface area contributed by atoms with Crippen LogP contribution in [0.15, 0.2) is 41.4 Å². The van der Waals surface area contributed by atoms with Crippen molar-refractivity contribution in [3.63, 3.8) is 0 Å². The molecule has 1 saturated heterocycles. The summed E-state index contributed by atoms with van der Waals surface area (Å²) in [5, 5.41) is 6.04. The molecule has 8 nitrogen and oxygen atoms in total. The number of hydrogen-bond acceptors (Lipinski definition) is 6. The van der Waals surface area contributed by atoms with Crippen LogP contribution in [-0.2, 0) is 4.74 Å². The number of hydrogen-bond donors (Lipinski definition) is 3. The Kier molecular flexibility index (Phi) is 6.49. The molecule has 0 aliphatic carbocycles. The van der Waals surface area contributed by atoms with Crippen LogP contribution >= 0.6 is 11.3 Å². The molecule has 0 radical (unpaired) electrons. The first-order valence-electron chi connectivity index (χ1n) is 8.93. The number of aryl methyl sites for hydroxylation is 1. The Morgan fingerprint density at radius 1 is 1.36 bits per heavy atom. The van der Waals surface area contributed by atoms with Gasteiger partial charge in [0.25, 0.3) is 5.91 Å². The first-order valence-corrected chi connectivity index (χ1v) is 9.75. The maximum atomic E-state index is 12.2. The fourth-order valence-corrected chi connectivity index (χ4v) is 3.57. The standard InChI is InChI=1S/C19H23N5O3S/c1-13-2-7-17(28-13)18(25)23-10-16-11-24(19(26)27-16)15-5-3-14(4-6-15)22-9-8-21-12-20/h2-7,12,16,22H,8-11H2,1H3,(H2,20,21)(H,23,25). The monoisotopic (exact) mass is 401 g/mol. The molecule has 1 atom stereocenters. The van der Waals surface area contributed by atoms with Gasteiger partial charge in [0.2, 0.25) is 0 Å². The van der Waals surface area contributed by atoms with Crippen molar-refractivity contribution in [2.24, 2.45) is 10.7 Å². The van der Waals surface area contributed by atoms with E-state index in [4.69, 9.17) is 10.5 Å². The molecule has 3 rings (SSSR count). The largest absolute Gasteiger partial charge is 0.442 e. The zero-order valence-electron chi connectivity index (χ0n) is 15.6. The highest BCUT2D eigenvalue weighted by molar-refractivity contribution is 7.13. The van der Waals surface area contributed by atoms with Crippen LogP contribution in [0.1, 0.15) is 14.5 Å². The van der Waals surface area contributed by atoms with Gasteiger partial charge in [0.05, 0.1) is 30.8 Å². The number of amides is 2. The molecule has 1 aliphatic heterocycles. The fraction of sp³-hybridized carbons (Fsp3) is 0.316. The Hall–Kier alpha value is -3.07. The van der Waals surface area contributed by atoms with Crippen molar-refractivity contribution in [1.29, 1.82) is 0 Å². The van der Waals surface area contributed by atoms with E-state index in [1.807, 2.05) is 37.3 Å². The highest BCUT2D eigenvalue weighted by Crippen LogP contribution is 2.23. The lowest BCUT2D eigenvalue weighted by Crippen LogP contribution is -2.34. The summed E-state index contributed by atoms with van der Waals surface area (Å²) in [7, 11) is 0. The van der Waals surface area contributed by atoms with Crippen LogP contribution in [-0.4, -0.2) is 50.6 Å². The van der Waals surface area contributed by atoms with Crippen LogP contribution in [0.3, 0.4) is 0 Å². The number of cyclic esters (lactones) is 1. The number of rotatable bonds is 8. The lowest BCUT2D eigenvalue weighted by molar-refractivity contribution is 0.0920. The number of nitrogens with zero attached hydrogens (tertiary/aromatic N) is 2. The van der Waals surface area contributed by atoms with E-state index in [9.17, 15) is 9.59 Å². The molecule has 9 heteroatoms. The Bertz CT molecular complexity index is 850. The van der Waals surface area contributed by atoms with Gasteiger partial charge in [0, 0.05) is 22.8 Å². The van der Waals surface area contributed by atoms with E-state index in [1.165, 1.54) is 17.7 Å². The Labute approximate surface area is 167 Å². The van der Waals surface area contributed by atoms with Gasteiger partial charge in [-0.15, -0.1) is 11.3 Å². The van der Waals surface area contributed by atoms with Crippen LogP contribution in [0.2, 0.25) is 0 Å². The van der Waals surface area contributed by atoms with Gasteiger partial charge in [-0.3, -0.25) is 14.7 Å². The van der Waals surface area contributed by atoms with Gasteiger partial charge in [0.1, 0.15) is 6.10 Å². The van der Waals surface area contributed by atoms with Crippen LogP contribution in [0.5, 0.6) is 0 Å². The van der Waals surface area contributed by atoms with Crippen LogP contribution in [0.25, 0.3) is 0 Å². The molecule has 2 aromatic rings. The van der Waals surface area contributed by atoms with E-state index in [0.29, 0.717) is 24.5 Å². The molecule has 28 heavy (non-hydrogen) atoms. The minimum atomic E-state index is -0.413. The molecule has 0 saturated carbocycles. The van der Waals surface area contributed by atoms with Crippen molar-refractivity contribution in [3.8, 4) is 0 Å². The average Bonchev–Trinajstić information content (AvgIpc) is 3.29. The summed E-state index contributed by atoms with van der Waals surface area (Å²) in [5.41, 5.74) is 6.88. The molecular formula is C19H23N5O3S. The van der Waals surface area contributed by atoms with E-state index in [0.717, 1.165) is 16.3 Å². The summed E-state index contributed by atoms with van der Waals surface area (Å²) >= 11 is 1.44. The first kappa shape index (κ1) is 19.7. The second-order valence-corrected chi connectivity index (χ2v) is 7.55. The molecule has 0 bridgehead atoms. The van der Waals surface area contributed by atoms with Gasteiger partial charge in [-0.05, 0) is 43.3 Å². The normalized spacial score (nSPS) is 16.4. The molecule has 1 aliphatic rings. The number of nitrogens with two attached hydrogens (primary N) is 1. The van der Waals surface area contributed by atoms with Gasteiger partial charge in [0.15, 0.2) is 0 Å². The van der Waals surface area contributed by atoms with E-state index in [1.54, 1.807) is 11.0 Å². The van der Waals surface area contributed by atoms with Crippen molar-refractivity contribution >= 4 is 41.1 Å². The molecule has 1 unspecified atom stereocenters. The van der Waals surface area contributed by atoms with Crippen molar-refractivity contribution in [2.75, 3.05) is 36.4 Å². The summed E-state index contributed by atoms with van der Waals surface area (Å²) in [4.78, 5) is 31.5. The SMILES string of the molecule is Cc1ccc(C(=O)NCC2CN(c3ccc(NCCN=CN)cc3)C(=O)O2)s1. The minimum absolute atomic E-state index is 0.151. The topological polar surface area (TPSA) is 109 Å². The zero-order chi connectivity index (χ0) is 19.9. The van der Waals surface area contributed by atoms with Crippen LogP contribution in [0.4, 0.5) is 16.2 Å². The second kappa shape index (κ2) is 9.23. The van der Waals surface area contributed by atoms with Gasteiger partial charge in [-0.1, -0.05) is 0 Å². The number of ether oxygens (including phenoxy) is 1. The predicted molar refractivity (Wildman–Crippen MR) is 111 cm³/mol. The van der Waals surface area contributed by atoms with Crippen LogP contribution in [0, 0.1) is 6.92 Å². The third-order valence-corrected chi connectivity index (χ3v) is 5.18. The molecule has 148 valence electrons. The lowest BCUT2D eigenvalue weighted by atomic mass is 10.2. The summed E-state index contributed by atoms with van der Waals surface area (Å²) in [6, 6.07) is 11.2. The average molecular weight is 401 g/mol. The lowest BCUT2D eigenvalue weighted by Gasteiger charge is -2.14. The second-order valence-electron chi connectivity index (χ2n) is 6.27. The first-order chi connectivity index (χ1) is 13.6. The van der Waals surface area contributed by atoms with E-state index >= 15 is 0 Å². The van der Waals surface area contributed by atoms with Crippen LogP contribution < -0.4 is 21.3 Å². The van der Waals surface area contributed by atoms with E-state index in [2.05, 4.69) is 15.6 Å². The summed E-state index contributed by atoms with van der Waals surface area (Å²) < 4.78 is 5.37. The molecular weight excluding hydrogens is 378 g/mol. The third kappa shape index (κ3) is 5.01. The molecule has 2 amide bonds. The molecule has 2 heterocycles. The molecule has 1 aromatic heterocycles. The number of benzene rings is 1. The fourth-order valence-electron chi connectivity index (χ4n) is 2.79. The van der Waals surface area contributed by atoms with Crippen molar-refractivity contribution in [3.05, 3.63) is 46.2 Å². The highest BCUT2D eigenvalue weighted by atomic mass is 32.1. The molecule has 1 aromatic carbocycles. The predicted octanol–water partition coefficient (Wildman–Crippen LogP) is 2.21. The van der Waals surface area contributed by atoms with Gasteiger partial charge < -0.3 is 21.1 Å². The van der Waals surface area contributed by atoms with Gasteiger partial charge >= 0.3 is 6.09 Å². The van der Waals surface area contributed by atoms with Crippen molar-refractivity contribution in [1.82, 2.24) is 5.32 Å². The summed E-state index contributed by atoms with van der Waals surface area (Å²) in [6.07, 6.45) is 0.484. The number of aliphatic imine (C=N–C) groups is 1. The third-order valence-electron chi connectivity index (χ3n) is 4.18. The maximum Gasteiger partial charge on any atom is 0.414 e. The minimum Gasteiger partial charge on any atom is -0.442 e. The van der Waals surface area contributed by atoms with Gasteiger partial charge in [-0.2, -0.15) is 0 Å². The van der Waals surface area contributed by atoms with Gasteiger partial charge in [-0.25, -0.2) is 4.79 Å². The Morgan fingerprint density at radius 2 is 2.14 bits per heavy atom. The van der Waals surface area contributed by atoms with Crippen molar-refractivity contribution < 1.29 is 14.3 Å². The van der Waals surface area contributed by atoms with E-state index in [-0.39, 0.29) is 18.6 Å². The smallest absolute Gasteiger partial charge is 0.414 e. The number of carbonyl (C=O) groups excluding carboxylic acids is 2. The van der Waals surface area contributed by atoms with Crippen molar-refractivity contribution in [2.45, 2.75) is 13.0 Å². The Balaban J connectivity index is 1.50. The number of thiophene rings is 1.